The summed E-state index contributed by atoms with van der Waals surface area (Å²) in [6, 6.07) is 9.64. The number of rotatable bonds is 5. The second-order valence-corrected chi connectivity index (χ2v) is 9.10. The second-order valence-electron chi connectivity index (χ2n) is 7.22. The van der Waals surface area contributed by atoms with Crippen molar-refractivity contribution in [3.05, 3.63) is 62.4 Å². The van der Waals surface area contributed by atoms with E-state index in [1.54, 1.807) is 11.9 Å². The smallest absolute Gasteiger partial charge is 0.325 e. The molecule has 0 unspecified atom stereocenters. The number of nitrogens with zero attached hydrogens (tertiary/aromatic N) is 2. The molecule has 0 aliphatic carbocycles. The van der Waals surface area contributed by atoms with Crippen molar-refractivity contribution in [2.45, 2.75) is 31.2 Å². The number of aromatic nitrogens is 2. The largest absolute Gasteiger partial charge is 0.341 e. The zero-order chi connectivity index (χ0) is 21.2. The van der Waals surface area contributed by atoms with Crippen molar-refractivity contribution in [2.24, 2.45) is 5.92 Å². The second kappa shape index (κ2) is 8.34. The van der Waals surface area contributed by atoms with E-state index in [0.717, 1.165) is 5.56 Å². The third-order valence-corrected chi connectivity index (χ3v) is 7.17. The van der Waals surface area contributed by atoms with Gasteiger partial charge in [-0.2, -0.15) is 4.31 Å². The van der Waals surface area contributed by atoms with Crippen molar-refractivity contribution in [2.75, 3.05) is 20.1 Å². The zero-order valence-corrected chi connectivity index (χ0v) is 17.2. The summed E-state index contributed by atoms with van der Waals surface area (Å²) in [5.41, 5.74) is -0.667. The van der Waals surface area contributed by atoms with Gasteiger partial charge in [0.1, 0.15) is 0 Å². The third kappa shape index (κ3) is 4.48. The van der Waals surface area contributed by atoms with Crippen LogP contribution >= 0.6 is 0 Å². The fourth-order valence-corrected chi connectivity index (χ4v) is 5.29. The van der Waals surface area contributed by atoms with Crippen LogP contribution in [-0.4, -0.2) is 53.6 Å². The molecule has 29 heavy (non-hydrogen) atoms. The van der Waals surface area contributed by atoms with E-state index in [2.05, 4.69) is 4.98 Å². The predicted octanol–water partition coefficient (Wildman–Crippen LogP) is 0.431. The number of H-pyrrole nitrogens is 2. The van der Waals surface area contributed by atoms with E-state index in [1.807, 2.05) is 35.3 Å². The summed E-state index contributed by atoms with van der Waals surface area (Å²) in [4.78, 5) is 41.6. The first-order valence-corrected chi connectivity index (χ1v) is 10.8. The summed E-state index contributed by atoms with van der Waals surface area (Å²) in [6.45, 7) is 2.13. The Morgan fingerprint density at radius 3 is 2.34 bits per heavy atom. The fourth-order valence-electron chi connectivity index (χ4n) is 3.62. The number of hydrogen-bond donors (Lipinski definition) is 2. The molecule has 0 atom stereocenters. The molecule has 1 aliphatic heterocycles. The highest BCUT2D eigenvalue weighted by molar-refractivity contribution is 7.89. The number of carbonyl (C=O) groups excluding carboxylic acids is 1. The van der Waals surface area contributed by atoms with Gasteiger partial charge in [0.2, 0.25) is 15.9 Å². The highest BCUT2D eigenvalue weighted by Crippen LogP contribution is 2.24. The van der Waals surface area contributed by atoms with Gasteiger partial charge < -0.3 is 9.88 Å². The monoisotopic (exact) mass is 420 g/mol. The SMILES string of the molecule is Cc1[nH]c(=O)[nH]c(=O)c1S(=O)(=O)N1CCC(C(=O)N(C)Cc2ccccc2)CC1. The first-order chi connectivity index (χ1) is 13.7. The summed E-state index contributed by atoms with van der Waals surface area (Å²) in [7, 11) is -2.33. The Bertz CT molecular complexity index is 1100. The van der Waals surface area contributed by atoms with Gasteiger partial charge in [-0.15, -0.1) is 0 Å². The van der Waals surface area contributed by atoms with Gasteiger partial charge in [0.05, 0.1) is 0 Å². The molecule has 0 radical (unpaired) electrons. The Morgan fingerprint density at radius 1 is 1.14 bits per heavy atom. The first-order valence-electron chi connectivity index (χ1n) is 9.32. The van der Waals surface area contributed by atoms with E-state index in [4.69, 9.17) is 0 Å². The molecule has 2 aromatic rings. The van der Waals surface area contributed by atoms with Crippen molar-refractivity contribution < 1.29 is 13.2 Å². The van der Waals surface area contributed by atoms with Crippen molar-refractivity contribution in [1.82, 2.24) is 19.2 Å². The summed E-state index contributed by atoms with van der Waals surface area (Å²) in [5, 5.41) is 0. The van der Waals surface area contributed by atoms with Crippen LogP contribution in [0.15, 0.2) is 44.8 Å². The summed E-state index contributed by atoms with van der Waals surface area (Å²) in [6.07, 6.45) is 0.745. The molecule has 10 heteroatoms. The molecule has 1 fully saturated rings. The molecule has 0 spiro atoms. The van der Waals surface area contributed by atoms with E-state index in [-0.39, 0.29) is 30.6 Å². The van der Waals surface area contributed by atoms with E-state index in [1.165, 1.54) is 11.2 Å². The number of amides is 1. The Morgan fingerprint density at radius 2 is 1.76 bits per heavy atom. The van der Waals surface area contributed by atoms with E-state index >= 15 is 0 Å². The number of piperidine rings is 1. The highest BCUT2D eigenvalue weighted by Gasteiger charge is 2.35. The van der Waals surface area contributed by atoms with Gasteiger partial charge in [0.15, 0.2) is 4.90 Å². The van der Waals surface area contributed by atoms with Gasteiger partial charge in [0, 0.05) is 38.3 Å². The van der Waals surface area contributed by atoms with Crippen LogP contribution < -0.4 is 11.2 Å². The van der Waals surface area contributed by atoms with Crippen LogP contribution in [0.25, 0.3) is 0 Å². The van der Waals surface area contributed by atoms with Crippen molar-refractivity contribution in [1.29, 1.82) is 0 Å². The summed E-state index contributed by atoms with van der Waals surface area (Å²) in [5.74, 6) is -0.297. The molecule has 3 rings (SSSR count). The van der Waals surface area contributed by atoms with E-state index in [0.29, 0.717) is 19.4 Å². The van der Waals surface area contributed by atoms with Gasteiger partial charge in [-0.3, -0.25) is 14.6 Å². The third-order valence-electron chi connectivity index (χ3n) is 5.11. The average molecular weight is 420 g/mol. The van der Waals surface area contributed by atoms with Gasteiger partial charge in [-0.25, -0.2) is 13.2 Å². The maximum absolute atomic E-state index is 12.9. The van der Waals surface area contributed by atoms with Gasteiger partial charge >= 0.3 is 5.69 Å². The maximum Gasteiger partial charge on any atom is 0.325 e. The number of benzene rings is 1. The number of aromatic amines is 2. The molecule has 1 aliphatic rings. The molecule has 2 heterocycles. The molecule has 9 nitrogen and oxygen atoms in total. The van der Waals surface area contributed by atoms with Crippen LogP contribution in [0.2, 0.25) is 0 Å². The number of aryl methyl sites for hydroxylation is 1. The molecule has 1 amide bonds. The molecular formula is C19H24N4O5S. The summed E-state index contributed by atoms with van der Waals surface area (Å²) >= 11 is 0. The van der Waals surface area contributed by atoms with Crippen LogP contribution in [-0.2, 0) is 21.4 Å². The van der Waals surface area contributed by atoms with Crippen LogP contribution in [0.5, 0.6) is 0 Å². The zero-order valence-electron chi connectivity index (χ0n) is 16.3. The lowest BCUT2D eigenvalue weighted by Gasteiger charge is -2.32. The Balaban J connectivity index is 1.68. The van der Waals surface area contributed by atoms with Gasteiger partial charge in [-0.1, -0.05) is 30.3 Å². The van der Waals surface area contributed by atoms with Crippen molar-refractivity contribution >= 4 is 15.9 Å². The van der Waals surface area contributed by atoms with E-state index < -0.39 is 26.2 Å². The molecule has 1 saturated heterocycles. The number of hydrogen-bond acceptors (Lipinski definition) is 5. The minimum Gasteiger partial charge on any atom is -0.341 e. The standard InChI is InChI=1S/C19H24N4O5S/c1-13-16(17(24)21-19(26)20-13)29(27,28)23-10-8-15(9-11-23)18(25)22(2)12-14-6-4-3-5-7-14/h3-7,15H,8-12H2,1-2H3,(H2,20,21,24,26). The Kier molecular flexibility index (Phi) is 6.04. The van der Waals surface area contributed by atoms with E-state index in [9.17, 15) is 22.8 Å². The van der Waals surface area contributed by atoms with Gasteiger partial charge in [-0.05, 0) is 25.3 Å². The lowest BCUT2D eigenvalue weighted by atomic mass is 9.96. The molecule has 1 aromatic carbocycles. The van der Waals surface area contributed by atoms with Crippen molar-refractivity contribution in [3.63, 3.8) is 0 Å². The maximum atomic E-state index is 12.9. The predicted molar refractivity (Wildman–Crippen MR) is 107 cm³/mol. The topological polar surface area (TPSA) is 123 Å². The molecule has 2 N–H and O–H groups in total. The lowest BCUT2D eigenvalue weighted by molar-refractivity contribution is -0.135. The molecule has 1 aromatic heterocycles. The number of carbonyl (C=O) groups is 1. The molecule has 0 bridgehead atoms. The van der Waals surface area contributed by atoms with Crippen LogP contribution in [0.1, 0.15) is 24.1 Å². The molecule has 156 valence electrons. The van der Waals surface area contributed by atoms with Crippen LogP contribution in [0.3, 0.4) is 0 Å². The number of sulfonamides is 1. The quantitative estimate of drug-likeness (QED) is 0.726. The number of nitrogens with one attached hydrogen (secondary N) is 2. The molecular weight excluding hydrogens is 396 g/mol. The Hall–Kier alpha value is -2.72. The fraction of sp³-hybridized carbons (Fsp3) is 0.421. The lowest BCUT2D eigenvalue weighted by Crippen LogP contribution is -2.45. The minimum atomic E-state index is -4.06. The van der Waals surface area contributed by atoms with Crippen molar-refractivity contribution in [3.8, 4) is 0 Å². The van der Waals surface area contributed by atoms with Crippen LogP contribution in [0.4, 0.5) is 0 Å². The highest BCUT2D eigenvalue weighted by atomic mass is 32.2. The first kappa shape index (κ1) is 21.0. The Labute approximate surface area is 168 Å². The normalized spacial score (nSPS) is 15.9. The van der Waals surface area contributed by atoms with Crippen LogP contribution in [0, 0.1) is 12.8 Å². The summed E-state index contributed by atoms with van der Waals surface area (Å²) < 4.78 is 27.0. The average Bonchev–Trinajstić information content (AvgIpc) is 2.67. The minimum absolute atomic E-state index is 0.000422. The van der Waals surface area contributed by atoms with Gasteiger partial charge in [0.25, 0.3) is 5.56 Å². The molecule has 0 saturated carbocycles.